The molecule has 2 aromatic carbocycles. The molecule has 0 aliphatic heterocycles. The summed E-state index contributed by atoms with van der Waals surface area (Å²) in [5, 5.41) is 8.90. The summed E-state index contributed by atoms with van der Waals surface area (Å²) in [5.41, 5.74) is 5.52. The summed E-state index contributed by atoms with van der Waals surface area (Å²) in [5.74, 6) is -0.624. The van der Waals surface area contributed by atoms with Crippen LogP contribution in [0.3, 0.4) is 0 Å². The minimum absolute atomic E-state index is 0.306. The van der Waals surface area contributed by atoms with Crippen molar-refractivity contribution in [2.45, 2.75) is 13.5 Å². The number of benzene rings is 2. The summed E-state index contributed by atoms with van der Waals surface area (Å²) < 4.78 is 29.4. The van der Waals surface area contributed by atoms with Crippen LogP contribution in [0.2, 0.25) is 0 Å². The molecule has 0 saturated heterocycles. The van der Waals surface area contributed by atoms with Crippen LogP contribution in [0.1, 0.15) is 6.92 Å². The van der Waals surface area contributed by atoms with Crippen molar-refractivity contribution in [3.05, 3.63) is 90.9 Å². The fourth-order valence-corrected chi connectivity index (χ4v) is 4.10. The lowest BCUT2D eigenvalue weighted by molar-refractivity contribution is 0.568. The molecule has 0 aliphatic rings. The first-order chi connectivity index (χ1) is 16.6. The Hall–Kier alpha value is -3.97. The molecule has 0 unspecified atom stereocenters. The summed E-state index contributed by atoms with van der Waals surface area (Å²) in [6.07, 6.45) is 5.43. The van der Waals surface area contributed by atoms with Crippen molar-refractivity contribution >= 4 is 11.0 Å². The van der Waals surface area contributed by atoms with E-state index in [1.807, 2.05) is 23.0 Å². The Bertz CT molecular complexity index is 1410. The number of nitrogens with zero attached hydrogens (tertiary/aromatic N) is 4. The zero-order valence-corrected chi connectivity index (χ0v) is 18.7. The highest BCUT2D eigenvalue weighted by Crippen LogP contribution is 2.42. The Kier molecular flexibility index (Phi) is 6.10. The molecular formula is C27H23F2N5. The Morgan fingerprint density at radius 3 is 2.06 bits per heavy atom. The van der Waals surface area contributed by atoms with Gasteiger partial charge in [-0.25, -0.2) is 13.8 Å². The lowest BCUT2D eigenvalue weighted by atomic mass is 9.90. The number of halogens is 2. The van der Waals surface area contributed by atoms with E-state index in [1.165, 1.54) is 24.3 Å². The van der Waals surface area contributed by atoms with Gasteiger partial charge in [-0.3, -0.25) is 9.67 Å². The maximum Gasteiger partial charge on any atom is 0.182 e. The number of hydrogen-bond acceptors (Lipinski definition) is 4. The van der Waals surface area contributed by atoms with Crippen LogP contribution in [0, 0.1) is 11.6 Å². The molecule has 5 rings (SSSR count). The van der Waals surface area contributed by atoms with Gasteiger partial charge in [-0.1, -0.05) is 19.1 Å². The third kappa shape index (κ3) is 4.30. The Morgan fingerprint density at radius 1 is 0.794 bits per heavy atom. The van der Waals surface area contributed by atoms with Gasteiger partial charge >= 0.3 is 0 Å². The standard InChI is InChI=1S/C27H23F2N5/c1-2-30-15-16-34-17-23-24(18-3-7-21(28)8-4-18)25(19-11-13-31-14-12-19)26(32-27(23)33-34)20-5-9-22(29)10-6-20/h3-14,17,30H,2,15-16H2,1H3. The third-order valence-corrected chi connectivity index (χ3v) is 5.70. The molecule has 1 N–H and O–H groups in total. The molecule has 0 bridgehead atoms. The normalized spacial score (nSPS) is 11.3. The van der Waals surface area contributed by atoms with Gasteiger partial charge in [-0.15, -0.1) is 0 Å². The lowest BCUT2D eigenvalue weighted by Gasteiger charge is -2.16. The first-order valence-electron chi connectivity index (χ1n) is 11.2. The van der Waals surface area contributed by atoms with E-state index in [0.717, 1.165) is 46.3 Å². The number of aromatic nitrogens is 4. The topological polar surface area (TPSA) is 55.6 Å². The zero-order valence-electron chi connectivity index (χ0n) is 18.7. The van der Waals surface area contributed by atoms with Crippen molar-refractivity contribution in [3.63, 3.8) is 0 Å². The Balaban J connectivity index is 1.83. The molecule has 0 amide bonds. The molecule has 34 heavy (non-hydrogen) atoms. The molecule has 0 saturated carbocycles. The number of rotatable bonds is 7. The summed E-state index contributed by atoms with van der Waals surface area (Å²) in [6.45, 7) is 4.40. The smallest absolute Gasteiger partial charge is 0.182 e. The summed E-state index contributed by atoms with van der Waals surface area (Å²) in [7, 11) is 0. The van der Waals surface area contributed by atoms with Crippen LogP contribution >= 0.6 is 0 Å². The van der Waals surface area contributed by atoms with Gasteiger partial charge in [0.2, 0.25) is 0 Å². The van der Waals surface area contributed by atoms with E-state index >= 15 is 0 Å². The van der Waals surface area contributed by atoms with E-state index in [9.17, 15) is 8.78 Å². The number of pyridine rings is 2. The van der Waals surface area contributed by atoms with Crippen LogP contribution in [-0.4, -0.2) is 32.8 Å². The Morgan fingerprint density at radius 2 is 1.41 bits per heavy atom. The number of hydrogen-bond donors (Lipinski definition) is 1. The molecular weight excluding hydrogens is 432 g/mol. The highest BCUT2D eigenvalue weighted by molar-refractivity contribution is 6.05. The SMILES string of the molecule is CCNCCn1cc2c(-c3ccc(F)cc3)c(-c3ccncc3)c(-c3ccc(F)cc3)nc2n1. The molecule has 0 radical (unpaired) electrons. The Labute approximate surface area is 196 Å². The fourth-order valence-electron chi connectivity index (χ4n) is 4.10. The summed E-state index contributed by atoms with van der Waals surface area (Å²) >= 11 is 0. The van der Waals surface area contributed by atoms with Gasteiger partial charge < -0.3 is 5.32 Å². The van der Waals surface area contributed by atoms with E-state index in [-0.39, 0.29) is 11.6 Å². The van der Waals surface area contributed by atoms with Crippen molar-refractivity contribution < 1.29 is 8.78 Å². The van der Waals surface area contributed by atoms with Crippen molar-refractivity contribution in [3.8, 4) is 33.5 Å². The third-order valence-electron chi connectivity index (χ3n) is 5.70. The van der Waals surface area contributed by atoms with Gasteiger partial charge in [0.05, 0.1) is 12.2 Å². The van der Waals surface area contributed by atoms with Crippen molar-refractivity contribution in [1.82, 2.24) is 25.1 Å². The van der Waals surface area contributed by atoms with Crippen molar-refractivity contribution in [2.75, 3.05) is 13.1 Å². The molecule has 5 nitrogen and oxygen atoms in total. The number of nitrogens with one attached hydrogen (secondary N) is 1. The van der Waals surface area contributed by atoms with Gasteiger partial charge in [0.25, 0.3) is 0 Å². The summed E-state index contributed by atoms with van der Waals surface area (Å²) in [6, 6.07) is 16.5. The van der Waals surface area contributed by atoms with Crippen LogP contribution in [-0.2, 0) is 6.54 Å². The maximum atomic E-state index is 13.8. The molecule has 7 heteroatoms. The van der Waals surface area contributed by atoms with Crippen LogP contribution in [0.5, 0.6) is 0 Å². The fraction of sp³-hybridized carbons (Fsp3) is 0.148. The van der Waals surface area contributed by atoms with E-state index in [1.54, 1.807) is 36.7 Å². The minimum Gasteiger partial charge on any atom is -0.315 e. The molecule has 170 valence electrons. The zero-order chi connectivity index (χ0) is 23.5. The van der Waals surface area contributed by atoms with Crippen molar-refractivity contribution in [1.29, 1.82) is 0 Å². The molecule has 0 aliphatic carbocycles. The first kappa shape index (κ1) is 21.9. The monoisotopic (exact) mass is 455 g/mol. The second-order valence-electron chi connectivity index (χ2n) is 7.94. The van der Waals surface area contributed by atoms with Gasteiger partial charge in [-0.05, 0) is 66.2 Å². The molecule has 0 spiro atoms. The van der Waals surface area contributed by atoms with Gasteiger partial charge in [-0.2, -0.15) is 5.10 Å². The van der Waals surface area contributed by atoms with E-state index < -0.39 is 0 Å². The van der Waals surface area contributed by atoms with Gasteiger partial charge in [0.15, 0.2) is 5.65 Å². The second kappa shape index (κ2) is 9.49. The second-order valence-corrected chi connectivity index (χ2v) is 7.94. The van der Waals surface area contributed by atoms with E-state index in [2.05, 4.69) is 17.2 Å². The molecule has 5 aromatic rings. The summed E-state index contributed by atoms with van der Waals surface area (Å²) in [4.78, 5) is 9.10. The highest BCUT2D eigenvalue weighted by atomic mass is 19.1. The van der Waals surface area contributed by atoms with Crippen molar-refractivity contribution in [2.24, 2.45) is 0 Å². The quantitative estimate of drug-likeness (QED) is 0.319. The van der Waals surface area contributed by atoms with Crippen LogP contribution in [0.4, 0.5) is 8.78 Å². The minimum atomic E-state index is -0.318. The van der Waals surface area contributed by atoms with Crippen LogP contribution in [0.15, 0.2) is 79.3 Å². The molecule has 3 heterocycles. The molecule has 3 aromatic heterocycles. The highest BCUT2D eigenvalue weighted by Gasteiger charge is 2.21. The average Bonchev–Trinajstić information content (AvgIpc) is 3.27. The first-order valence-corrected chi connectivity index (χ1v) is 11.2. The average molecular weight is 456 g/mol. The maximum absolute atomic E-state index is 13.8. The largest absolute Gasteiger partial charge is 0.315 e. The molecule has 0 fully saturated rings. The van der Waals surface area contributed by atoms with Gasteiger partial charge in [0, 0.05) is 47.2 Å². The predicted octanol–water partition coefficient (Wildman–Crippen LogP) is 5.72. The number of likely N-dealkylation sites (N-methyl/N-ethyl adjacent to an activating group) is 1. The van der Waals surface area contributed by atoms with E-state index in [4.69, 9.17) is 10.1 Å². The van der Waals surface area contributed by atoms with Crippen LogP contribution in [0.25, 0.3) is 44.5 Å². The van der Waals surface area contributed by atoms with Crippen LogP contribution < -0.4 is 5.32 Å². The van der Waals surface area contributed by atoms with E-state index in [0.29, 0.717) is 17.9 Å². The van der Waals surface area contributed by atoms with Gasteiger partial charge in [0.1, 0.15) is 11.6 Å². The molecule has 0 atom stereocenters. The predicted molar refractivity (Wildman–Crippen MR) is 130 cm³/mol. The lowest BCUT2D eigenvalue weighted by Crippen LogP contribution is -2.19. The number of fused-ring (bicyclic) bond motifs is 1.